The highest BCUT2D eigenvalue weighted by molar-refractivity contribution is 5.85. The van der Waals surface area contributed by atoms with Crippen molar-refractivity contribution in [3.05, 3.63) is 41.6 Å². The third kappa shape index (κ3) is 4.30. The van der Waals surface area contributed by atoms with Crippen molar-refractivity contribution in [3.63, 3.8) is 0 Å². The number of ether oxygens (including phenoxy) is 3. The molecule has 1 saturated heterocycles. The SMILES string of the molecule is C=C1NC(=O)N[C@H](c2ccc(OC)c(COCC)c2)[C@H]1C(=O)OCC. The van der Waals surface area contributed by atoms with Gasteiger partial charge in [-0.25, -0.2) is 4.79 Å². The van der Waals surface area contributed by atoms with Gasteiger partial charge in [0.15, 0.2) is 0 Å². The van der Waals surface area contributed by atoms with Gasteiger partial charge in [-0.3, -0.25) is 4.79 Å². The normalized spacial score (nSPS) is 19.8. The summed E-state index contributed by atoms with van der Waals surface area (Å²) in [6, 6.07) is 4.49. The van der Waals surface area contributed by atoms with Gasteiger partial charge in [0.2, 0.25) is 0 Å². The molecule has 0 radical (unpaired) electrons. The summed E-state index contributed by atoms with van der Waals surface area (Å²) in [5.41, 5.74) is 1.90. The molecule has 1 fully saturated rings. The number of hydrogen-bond donors (Lipinski definition) is 2. The average Bonchev–Trinajstić information content (AvgIpc) is 2.59. The standard InChI is InChI=1S/C18H24N2O5/c1-5-24-10-13-9-12(7-8-14(13)23-4)16-15(17(21)25-6-2)11(3)19-18(22)20-16/h7-9,15-16H,3,5-6,10H2,1-2,4H3,(H2,19,20,22)/t15-,16+/m0/s1. The third-order valence-corrected chi connectivity index (χ3v) is 3.94. The van der Waals surface area contributed by atoms with Crippen molar-refractivity contribution in [1.29, 1.82) is 0 Å². The van der Waals surface area contributed by atoms with Crippen LogP contribution in [0, 0.1) is 5.92 Å². The average molecular weight is 348 g/mol. The second-order valence-electron chi connectivity index (χ2n) is 5.54. The lowest BCUT2D eigenvalue weighted by Gasteiger charge is -2.33. The van der Waals surface area contributed by atoms with Gasteiger partial charge in [-0.2, -0.15) is 0 Å². The van der Waals surface area contributed by atoms with Gasteiger partial charge in [-0.05, 0) is 31.5 Å². The van der Waals surface area contributed by atoms with Crippen molar-refractivity contribution in [3.8, 4) is 5.75 Å². The Morgan fingerprint density at radius 3 is 2.68 bits per heavy atom. The zero-order valence-corrected chi connectivity index (χ0v) is 14.8. The van der Waals surface area contributed by atoms with Crippen molar-refractivity contribution in [2.24, 2.45) is 5.92 Å². The second-order valence-corrected chi connectivity index (χ2v) is 5.54. The number of nitrogens with one attached hydrogen (secondary N) is 2. The van der Waals surface area contributed by atoms with E-state index < -0.39 is 24.0 Å². The van der Waals surface area contributed by atoms with Crippen LogP contribution in [0.3, 0.4) is 0 Å². The van der Waals surface area contributed by atoms with Crippen molar-refractivity contribution >= 4 is 12.0 Å². The molecule has 1 aromatic rings. The summed E-state index contributed by atoms with van der Waals surface area (Å²) in [4.78, 5) is 24.2. The first kappa shape index (κ1) is 18.8. The molecule has 136 valence electrons. The van der Waals surface area contributed by atoms with E-state index in [0.717, 1.165) is 11.1 Å². The maximum atomic E-state index is 12.4. The first-order valence-corrected chi connectivity index (χ1v) is 8.19. The number of hydrogen-bond acceptors (Lipinski definition) is 5. The summed E-state index contributed by atoms with van der Waals surface area (Å²) < 4.78 is 16.0. The highest BCUT2D eigenvalue weighted by Crippen LogP contribution is 2.33. The minimum Gasteiger partial charge on any atom is -0.496 e. The fourth-order valence-corrected chi connectivity index (χ4v) is 2.79. The van der Waals surface area contributed by atoms with Crippen LogP contribution in [0.2, 0.25) is 0 Å². The second kappa shape index (κ2) is 8.53. The van der Waals surface area contributed by atoms with Crippen LogP contribution >= 0.6 is 0 Å². The van der Waals surface area contributed by atoms with Crippen LogP contribution in [-0.4, -0.2) is 32.3 Å². The molecule has 0 saturated carbocycles. The molecule has 2 atom stereocenters. The number of rotatable bonds is 7. The van der Waals surface area contributed by atoms with E-state index in [2.05, 4.69) is 17.2 Å². The largest absolute Gasteiger partial charge is 0.496 e. The predicted octanol–water partition coefficient (Wildman–Crippen LogP) is 2.28. The lowest BCUT2D eigenvalue weighted by atomic mass is 9.88. The highest BCUT2D eigenvalue weighted by atomic mass is 16.5. The summed E-state index contributed by atoms with van der Waals surface area (Å²) in [5.74, 6) is -0.470. The molecular weight excluding hydrogens is 324 g/mol. The van der Waals surface area contributed by atoms with Crippen molar-refractivity contribution in [1.82, 2.24) is 10.6 Å². The topological polar surface area (TPSA) is 85.9 Å². The molecule has 0 bridgehead atoms. The van der Waals surface area contributed by atoms with Gasteiger partial charge < -0.3 is 24.8 Å². The van der Waals surface area contributed by atoms with E-state index in [-0.39, 0.29) is 6.61 Å². The molecule has 0 unspecified atom stereocenters. The fourth-order valence-electron chi connectivity index (χ4n) is 2.79. The van der Waals surface area contributed by atoms with Crippen molar-refractivity contribution in [2.45, 2.75) is 26.5 Å². The van der Waals surface area contributed by atoms with Crippen LogP contribution in [0.4, 0.5) is 4.79 Å². The quantitative estimate of drug-likeness (QED) is 0.739. The molecule has 0 aromatic heterocycles. The Kier molecular flexibility index (Phi) is 6.41. The van der Waals surface area contributed by atoms with Crippen LogP contribution in [0.25, 0.3) is 0 Å². The Hall–Kier alpha value is -2.54. The molecule has 2 N–H and O–H groups in total. The highest BCUT2D eigenvalue weighted by Gasteiger charge is 2.39. The van der Waals surface area contributed by atoms with E-state index in [0.29, 0.717) is 24.7 Å². The molecule has 1 aliphatic heterocycles. The Labute approximate surface area is 147 Å². The molecule has 0 spiro atoms. The van der Waals surface area contributed by atoms with Gasteiger partial charge in [0.25, 0.3) is 0 Å². The van der Waals surface area contributed by atoms with Gasteiger partial charge >= 0.3 is 12.0 Å². The Morgan fingerprint density at radius 2 is 2.04 bits per heavy atom. The first-order chi connectivity index (χ1) is 12.0. The van der Waals surface area contributed by atoms with E-state index >= 15 is 0 Å². The summed E-state index contributed by atoms with van der Waals surface area (Å²) in [6.07, 6.45) is 0. The molecule has 2 rings (SSSR count). The number of urea groups is 1. The summed E-state index contributed by atoms with van der Waals surface area (Å²) in [7, 11) is 1.58. The third-order valence-electron chi connectivity index (χ3n) is 3.94. The van der Waals surface area contributed by atoms with Crippen LogP contribution in [0.5, 0.6) is 5.75 Å². The fraction of sp³-hybridized carbons (Fsp3) is 0.444. The van der Waals surface area contributed by atoms with E-state index in [9.17, 15) is 9.59 Å². The van der Waals surface area contributed by atoms with Crippen LogP contribution < -0.4 is 15.4 Å². The van der Waals surface area contributed by atoms with E-state index in [1.54, 1.807) is 20.1 Å². The molecule has 0 aliphatic carbocycles. The number of esters is 1. The zero-order chi connectivity index (χ0) is 18.4. The van der Waals surface area contributed by atoms with E-state index in [1.165, 1.54) is 0 Å². The molecule has 1 aliphatic rings. The summed E-state index contributed by atoms with van der Waals surface area (Å²) in [6.45, 7) is 8.64. The van der Waals surface area contributed by atoms with Gasteiger partial charge in [-0.1, -0.05) is 12.6 Å². The molecule has 2 amide bonds. The smallest absolute Gasteiger partial charge is 0.319 e. The van der Waals surface area contributed by atoms with Crippen LogP contribution in [-0.2, 0) is 20.9 Å². The van der Waals surface area contributed by atoms with E-state index in [1.807, 2.05) is 19.1 Å². The molecule has 1 heterocycles. The predicted molar refractivity (Wildman–Crippen MR) is 92.0 cm³/mol. The minimum absolute atomic E-state index is 0.251. The molecule has 25 heavy (non-hydrogen) atoms. The Bertz CT molecular complexity index is 659. The molecular formula is C18H24N2O5. The first-order valence-electron chi connectivity index (χ1n) is 8.19. The molecule has 1 aromatic carbocycles. The molecule has 7 heteroatoms. The van der Waals surface area contributed by atoms with Crippen LogP contribution in [0.15, 0.2) is 30.5 Å². The van der Waals surface area contributed by atoms with Crippen LogP contribution in [0.1, 0.15) is 31.0 Å². The number of carbonyl (C=O) groups excluding carboxylic acids is 2. The van der Waals surface area contributed by atoms with Gasteiger partial charge in [0.1, 0.15) is 11.7 Å². The van der Waals surface area contributed by atoms with Gasteiger partial charge in [0, 0.05) is 17.9 Å². The number of methoxy groups -OCH3 is 1. The summed E-state index contributed by atoms with van der Waals surface area (Å²) in [5, 5.41) is 5.33. The minimum atomic E-state index is -0.717. The monoisotopic (exact) mass is 348 g/mol. The maximum absolute atomic E-state index is 12.4. The zero-order valence-electron chi connectivity index (χ0n) is 14.8. The van der Waals surface area contributed by atoms with Gasteiger partial charge in [-0.15, -0.1) is 0 Å². The lowest BCUT2D eigenvalue weighted by Crippen LogP contribution is -2.51. The Balaban J connectivity index is 2.38. The molecule has 7 nitrogen and oxygen atoms in total. The van der Waals surface area contributed by atoms with Gasteiger partial charge in [0.05, 0.1) is 26.4 Å². The Morgan fingerprint density at radius 1 is 1.28 bits per heavy atom. The number of amides is 2. The lowest BCUT2D eigenvalue weighted by molar-refractivity contribution is -0.147. The van der Waals surface area contributed by atoms with Crippen molar-refractivity contribution in [2.75, 3.05) is 20.3 Å². The number of carbonyl (C=O) groups is 2. The van der Waals surface area contributed by atoms with E-state index in [4.69, 9.17) is 14.2 Å². The number of benzene rings is 1. The maximum Gasteiger partial charge on any atom is 0.319 e. The van der Waals surface area contributed by atoms with Crippen molar-refractivity contribution < 1.29 is 23.8 Å². The summed E-state index contributed by atoms with van der Waals surface area (Å²) >= 11 is 0.